The highest BCUT2D eigenvalue weighted by Gasteiger charge is 2.10. The molecule has 0 atom stereocenters. The largest absolute Gasteiger partial charge is 0.274 e. The molecular weight excluding hydrogens is 338 g/mol. The lowest BCUT2D eigenvalue weighted by Crippen LogP contribution is -2.15. The van der Waals surface area contributed by atoms with Crippen molar-refractivity contribution in [2.24, 2.45) is 0 Å². The van der Waals surface area contributed by atoms with E-state index in [1.807, 2.05) is 25.1 Å². The number of rotatable bonds is 4. The van der Waals surface area contributed by atoms with Crippen LogP contribution in [0.15, 0.2) is 52.8 Å². The summed E-state index contributed by atoms with van der Waals surface area (Å²) in [5.41, 5.74) is 2.10. The summed E-state index contributed by atoms with van der Waals surface area (Å²) in [6, 6.07) is 7.00. The fourth-order valence-corrected chi connectivity index (χ4v) is 3.04. The van der Waals surface area contributed by atoms with E-state index in [0.717, 1.165) is 11.3 Å². The maximum atomic E-state index is 12.3. The van der Waals surface area contributed by atoms with Gasteiger partial charge in [0.25, 0.3) is 11.3 Å². The number of aromatic nitrogens is 7. The fourth-order valence-electron chi connectivity index (χ4n) is 2.27. The molecule has 0 aliphatic carbocycles. The van der Waals surface area contributed by atoms with Gasteiger partial charge in [-0.05, 0) is 25.1 Å². The third-order valence-electron chi connectivity index (χ3n) is 3.44. The average Bonchev–Trinajstić information content (AvgIpc) is 3.06. The van der Waals surface area contributed by atoms with Crippen LogP contribution in [0.25, 0.3) is 17.2 Å². The van der Waals surface area contributed by atoms with Gasteiger partial charge >= 0.3 is 0 Å². The monoisotopic (exact) mass is 351 g/mol. The van der Waals surface area contributed by atoms with Gasteiger partial charge in [-0.2, -0.15) is 9.50 Å². The van der Waals surface area contributed by atoms with Crippen LogP contribution >= 0.6 is 11.8 Å². The smallest absolute Gasteiger partial charge is 0.271 e. The Morgan fingerprint density at radius 1 is 1.20 bits per heavy atom. The lowest BCUT2D eigenvalue weighted by molar-refractivity contribution is 0.888. The highest BCUT2D eigenvalue weighted by Crippen LogP contribution is 2.18. The normalized spacial score (nSPS) is 11.1. The number of H-pyrrole nitrogens is 1. The quantitative estimate of drug-likeness (QED) is 0.442. The SMILES string of the molecule is Cc1ccnc(SCc2cc(=O)n3[nH]c(-c4cccnc4)nc3n2)n1. The molecule has 1 N–H and O–H groups in total. The van der Waals surface area contributed by atoms with Crippen molar-refractivity contribution < 1.29 is 0 Å². The summed E-state index contributed by atoms with van der Waals surface area (Å²) in [5.74, 6) is 1.36. The molecule has 0 spiro atoms. The van der Waals surface area contributed by atoms with Crippen LogP contribution in [-0.2, 0) is 5.75 Å². The van der Waals surface area contributed by atoms with Gasteiger partial charge in [0.1, 0.15) is 0 Å². The molecule has 0 saturated carbocycles. The van der Waals surface area contributed by atoms with Crippen LogP contribution in [-0.4, -0.2) is 34.5 Å². The van der Waals surface area contributed by atoms with E-state index >= 15 is 0 Å². The second-order valence-electron chi connectivity index (χ2n) is 5.30. The third kappa shape index (κ3) is 3.26. The van der Waals surface area contributed by atoms with Gasteiger partial charge in [0, 0.05) is 41.7 Å². The molecule has 4 aromatic heterocycles. The highest BCUT2D eigenvalue weighted by molar-refractivity contribution is 7.98. The van der Waals surface area contributed by atoms with E-state index in [4.69, 9.17) is 0 Å². The van der Waals surface area contributed by atoms with E-state index in [9.17, 15) is 4.79 Å². The molecule has 0 amide bonds. The van der Waals surface area contributed by atoms with E-state index in [0.29, 0.717) is 28.2 Å². The van der Waals surface area contributed by atoms with E-state index in [1.165, 1.54) is 22.3 Å². The zero-order valence-corrected chi connectivity index (χ0v) is 14.1. The van der Waals surface area contributed by atoms with E-state index in [2.05, 4.69) is 30.0 Å². The van der Waals surface area contributed by atoms with Crippen molar-refractivity contribution in [2.75, 3.05) is 0 Å². The Kier molecular flexibility index (Phi) is 3.98. The fraction of sp³-hybridized carbons (Fsp3) is 0.125. The van der Waals surface area contributed by atoms with Crippen LogP contribution in [0.3, 0.4) is 0 Å². The molecule has 0 aliphatic heterocycles. The summed E-state index contributed by atoms with van der Waals surface area (Å²) in [6.07, 6.45) is 5.07. The number of aromatic amines is 1. The zero-order valence-electron chi connectivity index (χ0n) is 13.2. The van der Waals surface area contributed by atoms with Crippen LogP contribution in [0.5, 0.6) is 0 Å². The van der Waals surface area contributed by atoms with E-state index in [1.54, 1.807) is 18.6 Å². The second-order valence-corrected chi connectivity index (χ2v) is 6.25. The molecule has 25 heavy (non-hydrogen) atoms. The molecule has 4 rings (SSSR count). The standard InChI is InChI=1S/C16H13N7OS/c1-10-4-6-18-16(19-10)25-9-12-7-13(24)23-15(20-12)21-14(22-23)11-3-2-5-17-8-11/h2-8H,9H2,1H3,(H,20,21,22). The maximum Gasteiger partial charge on any atom is 0.274 e. The molecule has 0 aromatic carbocycles. The van der Waals surface area contributed by atoms with E-state index < -0.39 is 0 Å². The summed E-state index contributed by atoms with van der Waals surface area (Å²) < 4.78 is 1.32. The van der Waals surface area contributed by atoms with Crippen molar-refractivity contribution >= 4 is 17.5 Å². The first-order valence-corrected chi connectivity index (χ1v) is 8.49. The maximum absolute atomic E-state index is 12.3. The zero-order chi connectivity index (χ0) is 17.2. The summed E-state index contributed by atoms with van der Waals surface area (Å²) in [7, 11) is 0. The molecule has 9 heteroatoms. The summed E-state index contributed by atoms with van der Waals surface area (Å²) >= 11 is 1.43. The lowest BCUT2D eigenvalue weighted by Gasteiger charge is -2.00. The molecule has 0 bridgehead atoms. The van der Waals surface area contributed by atoms with Crippen molar-refractivity contribution in [3.8, 4) is 11.4 Å². The van der Waals surface area contributed by atoms with Crippen LogP contribution in [0.4, 0.5) is 0 Å². The Bertz CT molecular complexity index is 1090. The van der Waals surface area contributed by atoms with Gasteiger partial charge in [-0.15, -0.1) is 0 Å². The molecule has 0 radical (unpaired) electrons. The Morgan fingerprint density at radius 2 is 2.12 bits per heavy atom. The molecule has 4 heterocycles. The van der Waals surface area contributed by atoms with Crippen LogP contribution in [0.2, 0.25) is 0 Å². The molecule has 0 unspecified atom stereocenters. The van der Waals surface area contributed by atoms with Crippen LogP contribution < -0.4 is 5.56 Å². The minimum Gasteiger partial charge on any atom is -0.271 e. The predicted molar refractivity (Wildman–Crippen MR) is 93.2 cm³/mol. The number of nitrogens with zero attached hydrogens (tertiary/aromatic N) is 6. The van der Waals surface area contributed by atoms with Crippen molar-refractivity contribution in [3.63, 3.8) is 0 Å². The van der Waals surface area contributed by atoms with E-state index in [-0.39, 0.29) is 5.56 Å². The highest BCUT2D eigenvalue weighted by atomic mass is 32.2. The number of pyridine rings is 1. The van der Waals surface area contributed by atoms with Gasteiger partial charge < -0.3 is 0 Å². The topological polar surface area (TPSA) is 102 Å². The first-order chi connectivity index (χ1) is 12.2. The second kappa shape index (κ2) is 6.44. The van der Waals surface area contributed by atoms with Crippen LogP contribution in [0, 0.1) is 6.92 Å². The van der Waals surface area contributed by atoms with Gasteiger partial charge in [0.15, 0.2) is 11.0 Å². The first-order valence-electron chi connectivity index (χ1n) is 7.50. The number of aryl methyl sites for hydroxylation is 1. The summed E-state index contributed by atoms with van der Waals surface area (Å²) in [5, 5.41) is 3.60. The average molecular weight is 351 g/mol. The molecule has 8 nitrogen and oxygen atoms in total. The molecule has 0 fully saturated rings. The first kappa shape index (κ1) is 15.5. The van der Waals surface area contributed by atoms with Crippen LogP contribution in [0.1, 0.15) is 11.4 Å². The van der Waals surface area contributed by atoms with Crippen molar-refractivity contribution in [2.45, 2.75) is 17.8 Å². The summed E-state index contributed by atoms with van der Waals surface area (Å²) in [4.78, 5) is 33.7. The molecular formula is C16H13N7OS. The third-order valence-corrected chi connectivity index (χ3v) is 4.34. The van der Waals surface area contributed by atoms with Gasteiger partial charge in [-0.3, -0.25) is 14.9 Å². The Labute approximate surface area is 146 Å². The number of hydrogen-bond acceptors (Lipinski definition) is 7. The van der Waals surface area contributed by atoms with Gasteiger partial charge in [0.05, 0.1) is 5.69 Å². The Hall–Kier alpha value is -3.07. The predicted octanol–water partition coefficient (Wildman–Crippen LogP) is 1.87. The van der Waals surface area contributed by atoms with Gasteiger partial charge in [-0.25, -0.2) is 15.0 Å². The lowest BCUT2D eigenvalue weighted by atomic mass is 10.3. The Balaban J connectivity index is 1.64. The molecule has 0 saturated heterocycles. The summed E-state index contributed by atoms with van der Waals surface area (Å²) in [6.45, 7) is 1.91. The minimum atomic E-state index is -0.214. The van der Waals surface area contributed by atoms with Gasteiger partial charge in [0.2, 0.25) is 0 Å². The van der Waals surface area contributed by atoms with Crippen molar-refractivity contribution in [3.05, 3.63) is 64.6 Å². The Morgan fingerprint density at radius 3 is 2.92 bits per heavy atom. The molecule has 0 aliphatic rings. The number of nitrogens with one attached hydrogen (secondary N) is 1. The van der Waals surface area contributed by atoms with Crippen molar-refractivity contribution in [1.82, 2.24) is 34.5 Å². The minimum absolute atomic E-state index is 0.214. The number of thioether (sulfide) groups is 1. The number of hydrogen-bond donors (Lipinski definition) is 1. The molecule has 4 aromatic rings. The number of fused-ring (bicyclic) bond motifs is 1. The van der Waals surface area contributed by atoms with Gasteiger partial charge in [-0.1, -0.05) is 11.8 Å². The van der Waals surface area contributed by atoms with Crippen molar-refractivity contribution in [1.29, 1.82) is 0 Å². The molecule has 124 valence electrons.